The van der Waals surface area contributed by atoms with Crippen LogP contribution in [0.2, 0.25) is 0 Å². The van der Waals surface area contributed by atoms with E-state index < -0.39 is 0 Å². The van der Waals surface area contributed by atoms with Gasteiger partial charge in [0, 0.05) is 29.1 Å². The lowest BCUT2D eigenvalue weighted by Gasteiger charge is -2.29. The van der Waals surface area contributed by atoms with Gasteiger partial charge in [-0.1, -0.05) is 13.8 Å². The zero-order valence-electron chi connectivity index (χ0n) is 12.2. The Labute approximate surface area is 134 Å². The molecule has 0 N–H and O–H groups in total. The summed E-state index contributed by atoms with van der Waals surface area (Å²) in [5.74, 6) is 2.91. The Kier molecular flexibility index (Phi) is 6.24. The molecule has 0 atom stereocenters. The molecule has 112 valence electrons. The van der Waals surface area contributed by atoms with Crippen molar-refractivity contribution in [2.24, 2.45) is 0 Å². The van der Waals surface area contributed by atoms with Crippen molar-refractivity contribution in [1.29, 1.82) is 0 Å². The van der Waals surface area contributed by atoms with Gasteiger partial charge < -0.3 is 4.90 Å². The fourth-order valence-electron chi connectivity index (χ4n) is 2.66. The first-order valence-electron chi connectivity index (χ1n) is 7.27. The Morgan fingerprint density at radius 3 is 2.80 bits per heavy atom. The lowest BCUT2D eigenvalue weighted by atomic mass is 10.1. The third-order valence-corrected chi connectivity index (χ3v) is 6.21. The Balaban J connectivity index is 2.20. The van der Waals surface area contributed by atoms with Crippen molar-refractivity contribution in [3.8, 4) is 0 Å². The van der Waals surface area contributed by atoms with Crippen molar-refractivity contribution in [3.63, 3.8) is 0 Å². The molecule has 0 aliphatic carbocycles. The summed E-state index contributed by atoms with van der Waals surface area (Å²) in [5.41, 5.74) is 1.37. The van der Waals surface area contributed by atoms with Gasteiger partial charge in [0.15, 0.2) is 0 Å². The maximum atomic E-state index is 12.8. The molecule has 2 nitrogen and oxygen atoms in total. The molecule has 1 amide bonds. The van der Waals surface area contributed by atoms with Crippen LogP contribution in [0.1, 0.15) is 46.8 Å². The van der Waals surface area contributed by atoms with Gasteiger partial charge in [-0.3, -0.25) is 4.79 Å². The number of rotatable bonds is 6. The van der Waals surface area contributed by atoms with Crippen LogP contribution in [0.5, 0.6) is 0 Å². The predicted molar refractivity (Wildman–Crippen MR) is 90.3 cm³/mol. The van der Waals surface area contributed by atoms with Gasteiger partial charge in [0.2, 0.25) is 0 Å². The summed E-state index contributed by atoms with van der Waals surface area (Å²) in [5, 5.41) is 0. The molecule has 5 heteroatoms. The van der Waals surface area contributed by atoms with Crippen LogP contribution in [-0.4, -0.2) is 35.0 Å². The molecular formula is C15H22ClNOS2. The standard InChI is InChI=1S/C15H22ClNOS2/c1-3-12(4-2)17(7-6-16)15(18)14-9-11-10-19-8-5-13(11)20-14/h9,12H,3-8,10H2,1-2H3. The van der Waals surface area contributed by atoms with Crippen LogP contribution in [0.15, 0.2) is 6.07 Å². The average Bonchev–Trinajstić information content (AvgIpc) is 2.90. The topological polar surface area (TPSA) is 20.3 Å². The molecule has 0 spiro atoms. The molecule has 1 aliphatic heterocycles. The Morgan fingerprint density at radius 2 is 2.20 bits per heavy atom. The first-order valence-corrected chi connectivity index (χ1v) is 9.78. The molecule has 1 aliphatic rings. The maximum Gasteiger partial charge on any atom is 0.264 e. The fourth-order valence-corrected chi connectivity index (χ4v) is 5.18. The van der Waals surface area contributed by atoms with E-state index in [0.717, 1.165) is 29.9 Å². The lowest BCUT2D eigenvalue weighted by molar-refractivity contribution is 0.0686. The van der Waals surface area contributed by atoms with E-state index in [1.54, 1.807) is 11.3 Å². The minimum absolute atomic E-state index is 0.170. The van der Waals surface area contributed by atoms with Gasteiger partial charge in [0.25, 0.3) is 5.91 Å². The van der Waals surface area contributed by atoms with Crippen molar-refractivity contribution in [2.45, 2.75) is 44.9 Å². The summed E-state index contributed by atoms with van der Waals surface area (Å²) in [6, 6.07) is 2.41. The van der Waals surface area contributed by atoms with E-state index in [2.05, 4.69) is 19.9 Å². The van der Waals surface area contributed by atoms with Gasteiger partial charge in [-0.2, -0.15) is 11.8 Å². The molecule has 0 saturated carbocycles. The van der Waals surface area contributed by atoms with Gasteiger partial charge in [-0.05, 0) is 36.6 Å². The molecule has 1 aromatic heterocycles. The number of hydrogen-bond acceptors (Lipinski definition) is 3. The SMILES string of the molecule is CCC(CC)N(CCCl)C(=O)c1cc2c(s1)CCSC2. The second-order valence-corrected chi connectivity index (χ2v) is 7.64. The second kappa shape index (κ2) is 7.71. The quantitative estimate of drug-likeness (QED) is 0.720. The number of aryl methyl sites for hydroxylation is 1. The zero-order valence-corrected chi connectivity index (χ0v) is 14.5. The molecule has 0 saturated heterocycles. The van der Waals surface area contributed by atoms with Crippen LogP contribution in [0.3, 0.4) is 0 Å². The number of alkyl halides is 1. The predicted octanol–water partition coefficient (Wildman–Crippen LogP) is 4.41. The minimum Gasteiger partial charge on any atom is -0.334 e. The third-order valence-electron chi connectivity index (χ3n) is 3.81. The number of hydrogen-bond donors (Lipinski definition) is 0. The van der Waals surface area contributed by atoms with E-state index in [9.17, 15) is 4.79 Å². The third kappa shape index (κ3) is 3.52. The molecule has 20 heavy (non-hydrogen) atoms. The number of amides is 1. The molecule has 2 heterocycles. The summed E-state index contributed by atoms with van der Waals surface area (Å²) < 4.78 is 0. The van der Waals surface area contributed by atoms with E-state index in [1.807, 2.05) is 16.7 Å². The number of carbonyl (C=O) groups excluding carboxylic acids is 1. The van der Waals surface area contributed by atoms with Crippen LogP contribution in [0.4, 0.5) is 0 Å². The zero-order chi connectivity index (χ0) is 14.5. The van der Waals surface area contributed by atoms with E-state index in [0.29, 0.717) is 18.5 Å². The molecule has 0 aromatic carbocycles. The van der Waals surface area contributed by atoms with Crippen LogP contribution in [0, 0.1) is 0 Å². The molecule has 1 aromatic rings. The van der Waals surface area contributed by atoms with Crippen LogP contribution in [-0.2, 0) is 12.2 Å². The summed E-state index contributed by atoms with van der Waals surface area (Å²) in [6.45, 7) is 4.92. The molecule has 2 rings (SSSR count). The summed E-state index contributed by atoms with van der Waals surface area (Å²) in [4.78, 5) is 17.1. The van der Waals surface area contributed by atoms with E-state index in [-0.39, 0.29) is 5.91 Å². The Morgan fingerprint density at radius 1 is 1.45 bits per heavy atom. The van der Waals surface area contributed by atoms with Crippen LogP contribution >= 0.6 is 34.7 Å². The van der Waals surface area contributed by atoms with Gasteiger partial charge in [-0.25, -0.2) is 0 Å². The number of nitrogens with zero attached hydrogens (tertiary/aromatic N) is 1. The van der Waals surface area contributed by atoms with Crippen LogP contribution < -0.4 is 0 Å². The van der Waals surface area contributed by atoms with Gasteiger partial charge in [-0.15, -0.1) is 22.9 Å². The number of thiophene rings is 1. The van der Waals surface area contributed by atoms with E-state index in [4.69, 9.17) is 11.6 Å². The monoisotopic (exact) mass is 331 g/mol. The molecular weight excluding hydrogens is 310 g/mol. The highest BCUT2D eigenvalue weighted by molar-refractivity contribution is 7.98. The van der Waals surface area contributed by atoms with Gasteiger partial charge in [0.1, 0.15) is 0 Å². The van der Waals surface area contributed by atoms with E-state index >= 15 is 0 Å². The summed E-state index contributed by atoms with van der Waals surface area (Å²) in [6.07, 6.45) is 3.08. The minimum atomic E-state index is 0.170. The largest absolute Gasteiger partial charge is 0.334 e. The van der Waals surface area contributed by atoms with Gasteiger partial charge >= 0.3 is 0 Å². The fraction of sp³-hybridized carbons (Fsp3) is 0.667. The number of carbonyl (C=O) groups is 1. The van der Waals surface area contributed by atoms with Crippen molar-refractivity contribution in [2.75, 3.05) is 18.2 Å². The average molecular weight is 332 g/mol. The molecule has 0 fully saturated rings. The lowest BCUT2D eigenvalue weighted by Crippen LogP contribution is -2.40. The highest BCUT2D eigenvalue weighted by Gasteiger charge is 2.25. The number of thioether (sulfide) groups is 1. The molecule has 0 bridgehead atoms. The van der Waals surface area contributed by atoms with E-state index in [1.165, 1.54) is 16.2 Å². The second-order valence-electron chi connectivity index (χ2n) is 5.02. The highest BCUT2D eigenvalue weighted by Crippen LogP contribution is 2.32. The van der Waals surface area contributed by atoms with Crippen molar-refractivity contribution in [3.05, 3.63) is 21.4 Å². The van der Waals surface area contributed by atoms with Crippen molar-refractivity contribution >= 4 is 40.6 Å². The summed E-state index contributed by atoms with van der Waals surface area (Å²) in [7, 11) is 0. The number of halogens is 1. The first-order chi connectivity index (χ1) is 9.71. The normalized spacial score (nSPS) is 14.4. The number of fused-ring (bicyclic) bond motifs is 1. The Hall–Kier alpha value is -0.190. The smallest absolute Gasteiger partial charge is 0.264 e. The first kappa shape index (κ1) is 16.2. The van der Waals surface area contributed by atoms with Crippen molar-refractivity contribution in [1.82, 2.24) is 4.90 Å². The molecule has 0 radical (unpaired) electrons. The molecule has 0 unspecified atom stereocenters. The van der Waals surface area contributed by atoms with Gasteiger partial charge in [0.05, 0.1) is 4.88 Å². The van der Waals surface area contributed by atoms with Crippen LogP contribution in [0.25, 0.3) is 0 Å². The summed E-state index contributed by atoms with van der Waals surface area (Å²) >= 11 is 9.54. The maximum absolute atomic E-state index is 12.8. The van der Waals surface area contributed by atoms with Crippen molar-refractivity contribution < 1.29 is 4.79 Å². The highest BCUT2D eigenvalue weighted by atomic mass is 35.5. The Bertz CT molecular complexity index is 433.